The number of para-hydroxylation sites is 1. The molecule has 38 heavy (non-hydrogen) atoms. The lowest BCUT2D eigenvalue weighted by atomic mass is 9.70. The average molecular weight is 542 g/mol. The standard InChI is InChI=1S/C32H26Cl2N2O2/c1-35-20-26(23-12-8-14-25(34)18-23)29(30(37)22-10-3-2-4-11-22)32(35)27-15-5-6-16-28(27)36(31(32)38)19-21-9-7-13-24(33)17-21/h2-18,26,29H,19-20H2,1H3/p+1. The number of rotatable bonds is 5. The number of likely N-dealkylation sites (N-methyl/N-ethyl adjacent to an activating group) is 1. The lowest BCUT2D eigenvalue weighted by molar-refractivity contribution is -0.918. The quantitative estimate of drug-likeness (QED) is 0.337. The number of Topliss-reactive ketones (excluding diaryl/α,β-unsaturated/α-hetero) is 1. The topological polar surface area (TPSA) is 41.8 Å². The molecule has 1 amide bonds. The molecule has 1 N–H and O–H groups in total. The zero-order chi connectivity index (χ0) is 26.4. The molecule has 4 aromatic rings. The minimum Gasteiger partial charge on any atom is -0.320 e. The van der Waals surface area contributed by atoms with Crippen LogP contribution in [-0.2, 0) is 16.9 Å². The van der Waals surface area contributed by atoms with E-state index in [0.717, 1.165) is 27.3 Å². The molecule has 4 unspecified atom stereocenters. The van der Waals surface area contributed by atoms with Gasteiger partial charge in [0.1, 0.15) is 5.92 Å². The first-order valence-corrected chi connectivity index (χ1v) is 13.5. The van der Waals surface area contributed by atoms with Gasteiger partial charge in [0.2, 0.25) is 5.54 Å². The van der Waals surface area contributed by atoms with Gasteiger partial charge in [-0.3, -0.25) is 9.59 Å². The highest BCUT2D eigenvalue weighted by atomic mass is 35.5. The first kappa shape index (κ1) is 24.9. The SMILES string of the molecule is C[NH+]1CC(c2cccc(Cl)c2)C(C(=O)c2ccccc2)C12C(=O)N(Cc1cccc(Cl)c1)c1ccccc12. The van der Waals surface area contributed by atoms with E-state index in [1.807, 2.05) is 115 Å². The number of halogens is 2. The Bertz CT molecular complexity index is 1540. The predicted octanol–water partition coefficient (Wildman–Crippen LogP) is 5.55. The van der Waals surface area contributed by atoms with E-state index in [2.05, 4.69) is 0 Å². The predicted molar refractivity (Wildman–Crippen MR) is 151 cm³/mol. The summed E-state index contributed by atoms with van der Waals surface area (Å²) in [7, 11) is 2.04. The van der Waals surface area contributed by atoms with Gasteiger partial charge < -0.3 is 9.80 Å². The van der Waals surface area contributed by atoms with Crippen molar-refractivity contribution in [3.63, 3.8) is 0 Å². The molecule has 6 rings (SSSR count). The fourth-order valence-corrected chi connectivity index (χ4v) is 6.96. The molecular formula is C32H27Cl2N2O2+. The van der Waals surface area contributed by atoms with E-state index in [9.17, 15) is 9.59 Å². The molecule has 0 bridgehead atoms. The van der Waals surface area contributed by atoms with Crippen LogP contribution in [0.15, 0.2) is 103 Å². The molecule has 1 spiro atoms. The van der Waals surface area contributed by atoms with Crippen molar-refractivity contribution in [2.24, 2.45) is 5.92 Å². The number of nitrogens with one attached hydrogen (secondary N) is 1. The van der Waals surface area contributed by atoms with E-state index in [1.165, 1.54) is 0 Å². The van der Waals surface area contributed by atoms with Gasteiger partial charge in [0.15, 0.2) is 5.78 Å². The molecule has 0 aromatic heterocycles. The summed E-state index contributed by atoms with van der Waals surface area (Å²) in [4.78, 5) is 32.1. The highest BCUT2D eigenvalue weighted by Gasteiger charge is 2.69. The summed E-state index contributed by atoms with van der Waals surface area (Å²) >= 11 is 12.7. The summed E-state index contributed by atoms with van der Waals surface area (Å²) in [5.74, 6) is -0.888. The molecule has 2 aliphatic rings. The number of fused-ring (bicyclic) bond motifs is 2. The number of benzene rings is 4. The molecule has 0 saturated carbocycles. The van der Waals surface area contributed by atoms with Crippen LogP contribution >= 0.6 is 23.2 Å². The van der Waals surface area contributed by atoms with Crippen LogP contribution in [0.3, 0.4) is 0 Å². The third kappa shape index (κ3) is 3.87. The summed E-state index contributed by atoms with van der Waals surface area (Å²) < 4.78 is 0. The molecule has 4 atom stereocenters. The third-order valence-corrected chi connectivity index (χ3v) is 8.59. The van der Waals surface area contributed by atoms with E-state index in [0.29, 0.717) is 28.7 Å². The number of likely N-dealkylation sites (tertiary alicyclic amines) is 1. The Morgan fingerprint density at radius 2 is 1.58 bits per heavy atom. The van der Waals surface area contributed by atoms with Crippen molar-refractivity contribution < 1.29 is 14.5 Å². The van der Waals surface area contributed by atoms with Crippen LogP contribution in [0.5, 0.6) is 0 Å². The van der Waals surface area contributed by atoms with Crippen LogP contribution in [0.1, 0.15) is 33.0 Å². The van der Waals surface area contributed by atoms with Crippen molar-refractivity contribution in [1.29, 1.82) is 0 Å². The van der Waals surface area contributed by atoms with Gasteiger partial charge in [0.05, 0.1) is 31.7 Å². The van der Waals surface area contributed by atoms with Gasteiger partial charge in [-0.25, -0.2) is 0 Å². The normalized spacial score (nSPS) is 24.1. The van der Waals surface area contributed by atoms with Crippen LogP contribution in [0.4, 0.5) is 5.69 Å². The van der Waals surface area contributed by atoms with Crippen molar-refractivity contribution in [2.45, 2.75) is 18.0 Å². The monoisotopic (exact) mass is 541 g/mol. The van der Waals surface area contributed by atoms with Gasteiger partial charge in [0.25, 0.3) is 5.91 Å². The maximum absolute atomic E-state index is 14.8. The second-order valence-electron chi connectivity index (χ2n) is 10.2. The Kier molecular flexibility index (Phi) is 6.35. The Morgan fingerprint density at radius 3 is 2.32 bits per heavy atom. The Labute approximate surface area is 232 Å². The maximum Gasteiger partial charge on any atom is 0.294 e. The fraction of sp³-hybridized carbons (Fsp3) is 0.188. The number of carbonyl (C=O) groups excluding carboxylic acids is 2. The lowest BCUT2D eigenvalue weighted by Gasteiger charge is -2.33. The molecule has 0 radical (unpaired) electrons. The maximum atomic E-state index is 14.8. The number of nitrogens with zero attached hydrogens (tertiary/aromatic N) is 1. The number of hydrogen-bond donors (Lipinski definition) is 1. The third-order valence-electron chi connectivity index (χ3n) is 8.12. The van der Waals surface area contributed by atoms with Crippen LogP contribution < -0.4 is 9.80 Å². The minimum atomic E-state index is -1.07. The summed E-state index contributed by atoms with van der Waals surface area (Å²) in [5.41, 5.74) is 3.18. The molecule has 190 valence electrons. The van der Waals surface area contributed by atoms with Crippen molar-refractivity contribution in [2.75, 3.05) is 18.5 Å². The van der Waals surface area contributed by atoms with Gasteiger partial charge in [-0.2, -0.15) is 0 Å². The van der Waals surface area contributed by atoms with Crippen LogP contribution in [0, 0.1) is 5.92 Å². The van der Waals surface area contributed by atoms with Crippen LogP contribution in [-0.4, -0.2) is 25.3 Å². The van der Waals surface area contributed by atoms with Gasteiger partial charge in [-0.15, -0.1) is 0 Å². The van der Waals surface area contributed by atoms with Gasteiger partial charge >= 0.3 is 0 Å². The first-order valence-electron chi connectivity index (χ1n) is 12.7. The van der Waals surface area contributed by atoms with Crippen molar-refractivity contribution in [3.05, 3.63) is 135 Å². The van der Waals surface area contributed by atoms with E-state index in [-0.39, 0.29) is 17.6 Å². The molecule has 6 heteroatoms. The number of hydrogen-bond acceptors (Lipinski definition) is 2. The highest BCUT2D eigenvalue weighted by Crippen LogP contribution is 2.51. The summed E-state index contributed by atoms with van der Waals surface area (Å²) in [6.07, 6.45) is 0. The molecule has 2 aliphatic heterocycles. The first-order chi connectivity index (χ1) is 18.4. The fourth-order valence-electron chi connectivity index (χ4n) is 6.55. The largest absolute Gasteiger partial charge is 0.320 e. The molecule has 2 heterocycles. The molecular weight excluding hydrogens is 515 g/mol. The van der Waals surface area contributed by atoms with Crippen LogP contribution in [0.25, 0.3) is 0 Å². The second-order valence-corrected chi connectivity index (χ2v) is 11.1. The highest BCUT2D eigenvalue weighted by molar-refractivity contribution is 6.31. The van der Waals surface area contributed by atoms with Crippen molar-refractivity contribution >= 4 is 40.6 Å². The molecule has 4 aromatic carbocycles. The van der Waals surface area contributed by atoms with E-state index in [4.69, 9.17) is 23.2 Å². The minimum absolute atomic E-state index is 0.0276. The smallest absolute Gasteiger partial charge is 0.294 e. The second kappa shape index (κ2) is 9.70. The van der Waals surface area contributed by atoms with E-state index >= 15 is 0 Å². The van der Waals surface area contributed by atoms with Crippen LogP contribution in [0.2, 0.25) is 10.0 Å². The number of amides is 1. The number of anilines is 1. The lowest BCUT2D eigenvalue weighted by Crippen LogP contribution is -3.16. The summed E-state index contributed by atoms with van der Waals surface area (Å²) in [6, 6.07) is 32.5. The average Bonchev–Trinajstić information content (AvgIpc) is 3.37. The zero-order valence-electron chi connectivity index (χ0n) is 20.9. The molecule has 4 nitrogen and oxygen atoms in total. The van der Waals surface area contributed by atoms with Gasteiger partial charge in [-0.05, 0) is 41.5 Å². The molecule has 0 aliphatic carbocycles. The Morgan fingerprint density at radius 1 is 0.895 bits per heavy atom. The Hall–Kier alpha value is -3.44. The molecule has 1 saturated heterocycles. The van der Waals surface area contributed by atoms with E-state index < -0.39 is 11.5 Å². The van der Waals surface area contributed by atoms with Crippen molar-refractivity contribution in [1.82, 2.24) is 0 Å². The number of carbonyl (C=O) groups is 2. The van der Waals surface area contributed by atoms with Crippen molar-refractivity contribution in [3.8, 4) is 0 Å². The summed E-state index contributed by atoms with van der Waals surface area (Å²) in [5, 5.41) is 1.24. The van der Waals surface area contributed by atoms with Gasteiger partial charge in [0, 0.05) is 21.2 Å². The number of quaternary nitrogens is 1. The zero-order valence-corrected chi connectivity index (χ0v) is 22.4. The Balaban J connectivity index is 1.54. The summed E-state index contributed by atoms with van der Waals surface area (Å²) in [6.45, 7) is 0.994. The van der Waals surface area contributed by atoms with Gasteiger partial charge in [-0.1, -0.05) is 96.0 Å². The number of ketones is 1. The molecule has 1 fully saturated rings. The van der Waals surface area contributed by atoms with E-state index in [1.54, 1.807) is 0 Å².